The number of rotatable bonds is 7. The van der Waals surface area contributed by atoms with Crippen LogP contribution >= 0.6 is 23.2 Å². The van der Waals surface area contributed by atoms with Gasteiger partial charge in [-0.05, 0) is 62.9 Å². The molecule has 4 nitrogen and oxygen atoms in total. The first-order chi connectivity index (χ1) is 14.4. The van der Waals surface area contributed by atoms with Gasteiger partial charge in [0.1, 0.15) is 5.69 Å². The molecule has 1 N–H and O–H groups in total. The summed E-state index contributed by atoms with van der Waals surface area (Å²) in [5.41, 5.74) is 2.88. The smallest absolute Gasteiger partial charge is 0.258 e. The van der Waals surface area contributed by atoms with Gasteiger partial charge >= 0.3 is 0 Å². The van der Waals surface area contributed by atoms with Crippen LogP contribution in [0.5, 0.6) is 0 Å². The van der Waals surface area contributed by atoms with E-state index in [1.165, 1.54) is 12.1 Å². The molecule has 1 amide bonds. The normalized spacial score (nSPS) is 17.5. The van der Waals surface area contributed by atoms with Gasteiger partial charge in [-0.15, -0.1) is 0 Å². The molecule has 156 valence electrons. The highest BCUT2D eigenvalue weighted by atomic mass is 35.5. The number of aromatic nitrogens is 2. The number of hydrogen-bond acceptors (Lipinski definition) is 2. The Bertz CT molecular complexity index is 1080. The van der Waals surface area contributed by atoms with Gasteiger partial charge in [-0.25, -0.2) is 9.07 Å². The van der Waals surface area contributed by atoms with Crippen molar-refractivity contribution in [2.45, 2.75) is 44.4 Å². The summed E-state index contributed by atoms with van der Waals surface area (Å²) < 4.78 is 16.7. The Morgan fingerprint density at radius 2 is 1.93 bits per heavy atom. The van der Waals surface area contributed by atoms with Gasteiger partial charge in [-0.3, -0.25) is 4.79 Å². The van der Waals surface area contributed by atoms with E-state index in [4.69, 9.17) is 23.2 Å². The Kier molecular flexibility index (Phi) is 5.85. The SMILES string of the molecule is C=C/C(Cl)=C(C(=O)Nc1ccc(-n2nc(C3CC3)cc2C2CC2)c(F)c1)\C(Cl)=C/C. The van der Waals surface area contributed by atoms with Crippen molar-refractivity contribution in [2.24, 2.45) is 0 Å². The molecule has 30 heavy (non-hydrogen) atoms. The quantitative estimate of drug-likeness (QED) is 0.389. The molecule has 0 spiro atoms. The van der Waals surface area contributed by atoms with E-state index >= 15 is 4.39 Å². The minimum atomic E-state index is -0.538. The highest BCUT2D eigenvalue weighted by molar-refractivity contribution is 6.41. The molecule has 1 aromatic heterocycles. The van der Waals surface area contributed by atoms with Crippen molar-refractivity contribution in [3.8, 4) is 5.69 Å². The molecule has 7 heteroatoms. The third-order valence-corrected chi connectivity index (χ3v) is 6.07. The highest BCUT2D eigenvalue weighted by Crippen LogP contribution is 2.45. The minimum absolute atomic E-state index is 0.0810. The van der Waals surface area contributed by atoms with Crippen LogP contribution in [0.3, 0.4) is 0 Å². The van der Waals surface area contributed by atoms with Crippen LogP contribution in [0.2, 0.25) is 0 Å². The highest BCUT2D eigenvalue weighted by Gasteiger charge is 2.33. The monoisotopic (exact) mass is 445 g/mol. The number of amides is 1. The van der Waals surface area contributed by atoms with Crippen LogP contribution in [0, 0.1) is 5.82 Å². The minimum Gasteiger partial charge on any atom is -0.322 e. The second-order valence-corrected chi connectivity index (χ2v) is 8.45. The number of hydrogen-bond donors (Lipinski definition) is 1. The van der Waals surface area contributed by atoms with Crippen LogP contribution < -0.4 is 5.32 Å². The summed E-state index contributed by atoms with van der Waals surface area (Å²) in [4.78, 5) is 12.6. The molecule has 0 saturated heterocycles. The largest absolute Gasteiger partial charge is 0.322 e. The summed E-state index contributed by atoms with van der Waals surface area (Å²) in [6.07, 6.45) is 7.40. The molecule has 0 radical (unpaired) electrons. The maximum Gasteiger partial charge on any atom is 0.258 e. The number of nitrogens with one attached hydrogen (secondary N) is 1. The maximum absolute atomic E-state index is 15.0. The summed E-state index contributed by atoms with van der Waals surface area (Å²) in [7, 11) is 0. The number of benzene rings is 1. The van der Waals surface area contributed by atoms with E-state index in [9.17, 15) is 4.79 Å². The summed E-state index contributed by atoms with van der Waals surface area (Å²) >= 11 is 12.2. The molecule has 0 unspecified atom stereocenters. The predicted octanol–water partition coefficient (Wildman–Crippen LogP) is 6.53. The third kappa shape index (κ3) is 4.23. The summed E-state index contributed by atoms with van der Waals surface area (Å²) in [5.74, 6) is -0.0522. The predicted molar refractivity (Wildman–Crippen MR) is 119 cm³/mol. The fraction of sp³-hybridized carbons (Fsp3) is 0.304. The van der Waals surface area contributed by atoms with Gasteiger partial charge in [0.15, 0.2) is 5.82 Å². The third-order valence-electron chi connectivity index (χ3n) is 5.32. The Morgan fingerprint density at radius 1 is 1.23 bits per heavy atom. The van der Waals surface area contributed by atoms with Crippen LogP contribution in [0.15, 0.2) is 58.6 Å². The zero-order valence-electron chi connectivity index (χ0n) is 16.6. The summed E-state index contributed by atoms with van der Waals surface area (Å²) in [6.45, 7) is 5.26. The Morgan fingerprint density at radius 3 is 2.50 bits per heavy atom. The molecule has 1 heterocycles. The fourth-order valence-electron chi connectivity index (χ4n) is 3.38. The average molecular weight is 446 g/mol. The number of halogens is 3. The fourth-order valence-corrected chi connectivity index (χ4v) is 3.81. The van der Waals surface area contributed by atoms with Gasteiger partial charge in [0.05, 0.1) is 21.3 Å². The van der Waals surface area contributed by atoms with E-state index in [-0.39, 0.29) is 15.6 Å². The lowest BCUT2D eigenvalue weighted by molar-refractivity contribution is -0.112. The number of nitrogens with zero attached hydrogens (tertiary/aromatic N) is 2. The second-order valence-electron chi connectivity index (χ2n) is 7.64. The molecule has 1 aromatic carbocycles. The maximum atomic E-state index is 15.0. The molecular weight excluding hydrogens is 424 g/mol. The van der Waals surface area contributed by atoms with E-state index in [1.54, 1.807) is 29.8 Å². The first-order valence-electron chi connectivity index (χ1n) is 9.98. The van der Waals surface area contributed by atoms with Crippen molar-refractivity contribution < 1.29 is 9.18 Å². The van der Waals surface area contributed by atoms with Gasteiger partial charge in [-0.1, -0.05) is 35.9 Å². The zero-order valence-corrected chi connectivity index (χ0v) is 18.1. The lowest BCUT2D eigenvalue weighted by Gasteiger charge is -2.12. The second kappa shape index (κ2) is 8.40. The van der Waals surface area contributed by atoms with Crippen LogP contribution in [0.1, 0.15) is 55.8 Å². The Labute approximate surface area is 185 Å². The van der Waals surface area contributed by atoms with E-state index in [0.29, 0.717) is 23.2 Å². The molecule has 2 saturated carbocycles. The lowest BCUT2D eigenvalue weighted by Crippen LogP contribution is -2.16. The van der Waals surface area contributed by atoms with E-state index < -0.39 is 11.7 Å². The number of allylic oxidation sites excluding steroid dienone is 3. The van der Waals surface area contributed by atoms with Crippen molar-refractivity contribution in [3.63, 3.8) is 0 Å². The molecule has 4 rings (SSSR count). The van der Waals surface area contributed by atoms with E-state index in [1.807, 2.05) is 0 Å². The molecule has 0 bridgehead atoms. The lowest BCUT2D eigenvalue weighted by atomic mass is 10.2. The molecule has 2 aliphatic rings. The number of carbonyl (C=O) groups is 1. The topological polar surface area (TPSA) is 46.9 Å². The standard InChI is InChI=1S/C23H22Cl2FN3O/c1-3-16(24)22(17(25)4-2)23(30)27-15-9-10-20(18(26)11-15)29-21(14-7-8-14)12-19(28-29)13-5-6-13/h3-4,9-14H,1,5-8H2,2H3,(H,27,30)/b17-4+,22-16-. The van der Waals surface area contributed by atoms with Crippen LogP contribution in [-0.2, 0) is 4.79 Å². The summed E-state index contributed by atoms with van der Waals surface area (Å²) in [5, 5.41) is 7.64. The van der Waals surface area contributed by atoms with Crippen molar-refractivity contribution in [1.29, 1.82) is 0 Å². The van der Waals surface area contributed by atoms with Crippen LogP contribution in [-0.4, -0.2) is 15.7 Å². The van der Waals surface area contributed by atoms with E-state index in [0.717, 1.165) is 37.1 Å². The number of carbonyl (C=O) groups excluding carboxylic acids is 1. The molecule has 0 atom stereocenters. The van der Waals surface area contributed by atoms with Crippen LogP contribution in [0.25, 0.3) is 5.69 Å². The molecular formula is C23H22Cl2FN3O. The van der Waals surface area contributed by atoms with Gasteiger partial charge in [0.25, 0.3) is 5.91 Å². The first-order valence-corrected chi connectivity index (χ1v) is 10.7. The van der Waals surface area contributed by atoms with Gasteiger partial charge in [0, 0.05) is 23.2 Å². The number of anilines is 1. The van der Waals surface area contributed by atoms with Gasteiger partial charge < -0.3 is 5.32 Å². The van der Waals surface area contributed by atoms with Crippen molar-refractivity contribution in [2.75, 3.05) is 5.32 Å². The van der Waals surface area contributed by atoms with Crippen molar-refractivity contribution in [1.82, 2.24) is 9.78 Å². The molecule has 2 aromatic rings. The Balaban J connectivity index is 1.61. The summed E-state index contributed by atoms with van der Waals surface area (Å²) in [6, 6.07) is 6.69. The van der Waals surface area contributed by atoms with E-state index in [2.05, 4.69) is 23.1 Å². The Hall–Kier alpha value is -2.37. The average Bonchev–Trinajstić information content (AvgIpc) is 3.66. The first kappa shape index (κ1) is 20.9. The molecule has 0 aliphatic heterocycles. The van der Waals surface area contributed by atoms with Crippen molar-refractivity contribution in [3.05, 3.63) is 75.8 Å². The molecule has 2 aliphatic carbocycles. The van der Waals surface area contributed by atoms with Crippen LogP contribution in [0.4, 0.5) is 10.1 Å². The molecule has 2 fully saturated rings. The van der Waals surface area contributed by atoms with Gasteiger partial charge in [0.2, 0.25) is 0 Å². The zero-order chi connectivity index (χ0) is 21.4. The van der Waals surface area contributed by atoms with Gasteiger partial charge in [-0.2, -0.15) is 5.10 Å². The van der Waals surface area contributed by atoms with Crippen molar-refractivity contribution >= 4 is 34.8 Å².